The van der Waals surface area contributed by atoms with Gasteiger partial charge in [-0.2, -0.15) is 0 Å². The Balaban J connectivity index is 1.01. The molecule has 2 aromatic rings. The first-order valence-corrected chi connectivity index (χ1v) is 25.8. The van der Waals surface area contributed by atoms with Crippen molar-refractivity contribution >= 4 is 28.5 Å². The Labute approximate surface area is 439 Å². The van der Waals surface area contributed by atoms with Gasteiger partial charge in [-0.05, 0) is 78.0 Å². The molecule has 0 amide bonds. The largest absolute Gasteiger partial charge is 0.507 e. The van der Waals surface area contributed by atoms with E-state index in [1.807, 2.05) is 0 Å². The van der Waals surface area contributed by atoms with Gasteiger partial charge in [-0.25, -0.2) is 4.79 Å². The van der Waals surface area contributed by atoms with E-state index in [0.29, 0.717) is 0 Å². The topological polar surface area (TPSA) is 333 Å². The zero-order chi connectivity index (χ0) is 55.4. The van der Waals surface area contributed by atoms with Crippen LogP contribution in [0.1, 0.15) is 102 Å². The molecule has 6 aliphatic rings. The number of aliphatic hydroxyl groups excluding tert-OH is 4. The number of ether oxygens (including phenoxy) is 13. The minimum Gasteiger partial charge on any atom is -0.507 e. The minimum absolute atomic E-state index is 0.00394. The van der Waals surface area contributed by atoms with Gasteiger partial charge >= 0.3 is 11.9 Å². The number of carbonyl (C=O) groups excluding carboxylic acids is 2. The molecule has 8 N–H and O–H groups in total. The molecule has 76 heavy (non-hydrogen) atoms. The number of aliphatic hydroxyl groups is 5. The fraction of sp³-hybridized carbons (Fsp3) is 0.750. The molecule has 0 saturated carbocycles. The van der Waals surface area contributed by atoms with Gasteiger partial charge in [0.2, 0.25) is 6.29 Å². The number of aromatic hydroxyl groups is 2. The second kappa shape index (κ2) is 23.4. The van der Waals surface area contributed by atoms with Gasteiger partial charge in [0, 0.05) is 64.7 Å². The van der Waals surface area contributed by atoms with Gasteiger partial charge in [0.05, 0.1) is 65.4 Å². The average molecular weight is 1080 g/mol. The molecule has 426 valence electrons. The van der Waals surface area contributed by atoms with Crippen LogP contribution in [0.15, 0.2) is 12.1 Å². The maximum absolute atomic E-state index is 14.8. The summed E-state index contributed by atoms with van der Waals surface area (Å²) in [5.74, 6) is -4.97. The molecule has 2 aromatic carbocycles. The van der Waals surface area contributed by atoms with Gasteiger partial charge < -0.3 is 102 Å². The number of carboxylic acids is 1. The lowest BCUT2D eigenvalue weighted by Crippen LogP contribution is -2.58. The van der Waals surface area contributed by atoms with E-state index in [1.54, 1.807) is 34.6 Å². The van der Waals surface area contributed by atoms with Crippen LogP contribution in [-0.4, -0.2) is 208 Å². The van der Waals surface area contributed by atoms with Crippen molar-refractivity contribution in [2.24, 2.45) is 5.92 Å². The molecule has 24 heteroatoms. The molecule has 5 heterocycles. The maximum atomic E-state index is 14.8. The summed E-state index contributed by atoms with van der Waals surface area (Å²) in [7, 11) is 2.64. The van der Waals surface area contributed by atoms with Crippen LogP contribution in [0, 0.1) is 12.8 Å². The second-order valence-electron chi connectivity index (χ2n) is 21.3. The Hall–Kier alpha value is -3.93. The maximum Gasteiger partial charge on any atom is 0.333 e. The molecule has 0 bridgehead atoms. The fourth-order valence-corrected chi connectivity index (χ4v) is 11.6. The zero-order valence-electron chi connectivity index (χ0n) is 44.2. The summed E-state index contributed by atoms with van der Waals surface area (Å²) in [6.07, 6.45) is -21.7. The molecule has 0 spiro atoms. The Morgan fingerprint density at radius 2 is 1.25 bits per heavy atom. The van der Waals surface area contributed by atoms with Crippen LogP contribution >= 0.6 is 0 Å². The van der Waals surface area contributed by atoms with E-state index in [0.717, 1.165) is 0 Å². The van der Waals surface area contributed by atoms with Crippen molar-refractivity contribution in [3.63, 3.8) is 0 Å². The second-order valence-corrected chi connectivity index (χ2v) is 21.3. The molecule has 5 saturated heterocycles. The van der Waals surface area contributed by atoms with Gasteiger partial charge in [0.1, 0.15) is 53.9 Å². The van der Waals surface area contributed by atoms with Crippen molar-refractivity contribution in [3.05, 3.63) is 28.8 Å². The fourth-order valence-electron chi connectivity index (χ4n) is 11.6. The van der Waals surface area contributed by atoms with Crippen LogP contribution in [0.4, 0.5) is 0 Å². The third kappa shape index (κ3) is 12.0. The van der Waals surface area contributed by atoms with Crippen molar-refractivity contribution in [1.29, 1.82) is 0 Å². The number of hydrogen-bond donors (Lipinski definition) is 8. The smallest absolute Gasteiger partial charge is 0.333 e. The van der Waals surface area contributed by atoms with Crippen LogP contribution in [0.3, 0.4) is 0 Å². The molecule has 0 unspecified atom stereocenters. The van der Waals surface area contributed by atoms with Crippen molar-refractivity contribution in [2.45, 2.75) is 229 Å². The summed E-state index contributed by atoms with van der Waals surface area (Å²) in [5.41, 5.74) is -1.40. The molecular weight excluding hydrogens is 1010 g/mol. The SMILES string of the molecule is CO[C@H]1[C@H](O)C[C@@H](O[C@@H]2C[C@H](Oc3cc4cc5c(c(O)c4c(O)c3C)C(=O)[C@@H](O[C@H]3C[C@H](O[C@H]4C[C@H](O[C@H]6C[C@@](C)(O)[C@@H](O)[C@H](C)O6)[C@H](O)[C@@H](C)O4)[C@H](O)[C@@H](C)O3)[C@H]([C@H](OC)C(=O)O)C5)O[C@H](C)[C@H]2OC(C)=O)O[C@@H]1C. The number of Topliss-reactive ketones (excluding diaryl/α,β-unsaturated/α-hetero) is 1. The van der Waals surface area contributed by atoms with Crippen LogP contribution in [0.5, 0.6) is 17.2 Å². The molecule has 5 aliphatic heterocycles. The summed E-state index contributed by atoms with van der Waals surface area (Å²) >= 11 is 0. The van der Waals surface area contributed by atoms with E-state index in [1.165, 1.54) is 47.1 Å². The molecule has 0 aromatic heterocycles. The Morgan fingerprint density at radius 3 is 1.83 bits per heavy atom. The minimum atomic E-state index is -1.62. The molecule has 0 radical (unpaired) electrons. The average Bonchev–Trinajstić information content (AvgIpc) is 3.33. The van der Waals surface area contributed by atoms with Crippen molar-refractivity contribution in [2.75, 3.05) is 14.2 Å². The van der Waals surface area contributed by atoms with E-state index in [-0.39, 0.29) is 71.7 Å². The highest BCUT2D eigenvalue weighted by molar-refractivity contribution is 6.11. The predicted octanol–water partition coefficient (Wildman–Crippen LogP) is 1.75. The van der Waals surface area contributed by atoms with Gasteiger partial charge in [-0.3, -0.25) is 9.59 Å². The number of methoxy groups -OCH3 is 2. The quantitative estimate of drug-likeness (QED) is 0.118. The third-order valence-electron chi connectivity index (χ3n) is 15.6. The number of aliphatic carboxylic acids is 1. The number of carbonyl (C=O) groups is 3. The van der Waals surface area contributed by atoms with Crippen molar-refractivity contribution in [1.82, 2.24) is 0 Å². The van der Waals surface area contributed by atoms with Crippen LogP contribution in [0.2, 0.25) is 0 Å². The Morgan fingerprint density at radius 1 is 0.711 bits per heavy atom. The van der Waals surface area contributed by atoms with Crippen molar-refractivity contribution in [3.8, 4) is 17.2 Å². The van der Waals surface area contributed by atoms with E-state index in [9.17, 15) is 55.2 Å². The van der Waals surface area contributed by atoms with E-state index >= 15 is 0 Å². The van der Waals surface area contributed by atoms with E-state index in [4.69, 9.17) is 61.6 Å². The molecule has 24 nitrogen and oxygen atoms in total. The zero-order valence-corrected chi connectivity index (χ0v) is 44.2. The van der Waals surface area contributed by atoms with Crippen molar-refractivity contribution < 1.29 is 117 Å². The van der Waals surface area contributed by atoms with Crippen LogP contribution in [0.25, 0.3) is 10.8 Å². The number of esters is 1. The lowest BCUT2D eigenvalue weighted by Gasteiger charge is -2.46. The molecule has 5 fully saturated rings. The summed E-state index contributed by atoms with van der Waals surface area (Å²) < 4.78 is 77.9. The predicted molar refractivity (Wildman–Crippen MR) is 258 cm³/mol. The number of ketones is 1. The molecular formula is C52H74O24. The summed E-state index contributed by atoms with van der Waals surface area (Å²) in [6.45, 7) is 12.4. The Kier molecular flexibility index (Phi) is 17.9. The molecule has 8 rings (SSSR count). The normalized spacial score (nSPS) is 41.5. The highest BCUT2D eigenvalue weighted by atomic mass is 16.7. The Bertz CT molecular complexity index is 2390. The number of phenolic OH excluding ortho intramolecular Hbond substituents is 2. The number of benzene rings is 2. The first-order chi connectivity index (χ1) is 35.8. The summed E-state index contributed by atoms with van der Waals surface area (Å²) in [6, 6.07) is 3.06. The summed E-state index contributed by atoms with van der Waals surface area (Å²) in [5, 5.41) is 88.6. The van der Waals surface area contributed by atoms with Crippen LogP contribution < -0.4 is 4.74 Å². The molecule has 1 aliphatic carbocycles. The first kappa shape index (κ1) is 58.2. The van der Waals surface area contributed by atoms with Crippen LogP contribution in [-0.2, 0) is 72.9 Å². The standard InChI is InChI=1S/C52H74O24/c1-19-30(72-36-17-33(47(23(5)69-36)71-25(7)53)75-34-14-29(54)46(64-9)22(4)68-34)13-27-11-26-12-28(49(65-10)51(61)62)48(45(59)40(26)44(58)39(27)41(19)55)76-37-16-31(42(56)21(3)67-37)73-35-15-32(43(57)20(2)66-35)74-38-18-52(8,63)50(60)24(6)70-38/h11,13,20-24,28-29,31-38,42-43,46-50,54-58,60,63H,12,14-18H2,1-10H3,(H,61,62)/t20-,21-,22-,23-,24+,28-,29-,31+,32+,33-,34-,35+,36+,37+,38+,42-,43-,46-,47-,48+,49+,50+,52-/m1/s1. The monoisotopic (exact) mass is 1080 g/mol. The van der Waals surface area contributed by atoms with Gasteiger partial charge in [-0.1, -0.05) is 0 Å². The highest BCUT2D eigenvalue weighted by Gasteiger charge is 2.51. The van der Waals surface area contributed by atoms with Gasteiger partial charge in [-0.15, -0.1) is 0 Å². The number of rotatable bonds is 15. The number of fused-ring (bicyclic) bond motifs is 2. The summed E-state index contributed by atoms with van der Waals surface area (Å²) in [4.78, 5) is 39.8. The van der Waals surface area contributed by atoms with Gasteiger partial charge in [0.25, 0.3) is 0 Å². The first-order valence-electron chi connectivity index (χ1n) is 25.8. The lowest BCUT2D eigenvalue weighted by molar-refractivity contribution is -0.334. The van der Waals surface area contributed by atoms with E-state index in [2.05, 4.69) is 0 Å². The number of phenols is 2. The number of hydrogen-bond acceptors (Lipinski definition) is 23. The molecule has 23 atom stereocenters. The number of carboxylic acid groups (broad SMARTS) is 1. The van der Waals surface area contributed by atoms with Gasteiger partial charge in [0.15, 0.2) is 43.2 Å². The highest BCUT2D eigenvalue weighted by Crippen LogP contribution is 2.47. The lowest BCUT2D eigenvalue weighted by atomic mass is 9.76. The van der Waals surface area contributed by atoms with E-state index < -0.39 is 170 Å². The third-order valence-corrected chi connectivity index (χ3v) is 15.6.